The van der Waals surface area contributed by atoms with Crippen LogP contribution in [0.5, 0.6) is 0 Å². The average molecular weight is 300 g/mol. The smallest absolute Gasteiger partial charge is 0.294 e. The van der Waals surface area contributed by atoms with Crippen LogP contribution in [0.4, 0.5) is 11.4 Å². The number of benzene rings is 1. The fourth-order valence-corrected chi connectivity index (χ4v) is 2.82. The van der Waals surface area contributed by atoms with E-state index in [1.165, 1.54) is 6.07 Å². The Hall–Kier alpha value is -1.37. The second-order valence-electron chi connectivity index (χ2n) is 4.86. The monoisotopic (exact) mass is 299 g/mol. The van der Waals surface area contributed by atoms with Crippen LogP contribution in [0.1, 0.15) is 12.8 Å². The van der Waals surface area contributed by atoms with Gasteiger partial charge in [-0.25, -0.2) is 0 Å². The summed E-state index contributed by atoms with van der Waals surface area (Å²) in [5.74, 6) is 0. The molecule has 2 rings (SSSR count). The van der Waals surface area contributed by atoms with Gasteiger partial charge in [-0.1, -0.05) is 11.6 Å². The van der Waals surface area contributed by atoms with E-state index >= 15 is 0 Å². The number of ether oxygens (including phenoxy) is 1. The highest BCUT2D eigenvalue weighted by Crippen LogP contribution is 2.35. The minimum atomic E-state index is -0.406. The molecule has 1 aliphatic heterocycles. The number of rotatable bonds is 4. The molecule has 1 aromatic carbocycles. The number of nitrogens with zero attached hydrogens (tertiary/aromatic N) is 2. The Balaban J connectivity index is 2.33. The van der Waals surface area contributed by atoms with Crippen LogP contribution < -0.4 is 10.6 Å². The Morgan fingerprint density at radius 2 is 2.35 bits per heavy atom. The predicted octanol–water partition coefficient (Wildman–Crippen LogP) is 2.19. The molecule has 0 spiro atoms. The molecule has 1 aliphatic rings. The van der Waals surface area contributed by atoms with E-state index in [9.17, 15) is 10.1 Å². The van der Waals surface area contributed by atoms with Gasteiger partial charge in [0, 0.05) is 37.3 Å². The van der Waals surface area contributed by atoms with Gasteiger partial charge in [-0.15, -0.1) is 0 Å². The van der Waals surface area contributed by atoms with Crippen molar-refractivity contribution in [3.63, 3.8) is 0 Å². The maximum Gasteiger partial charge on any atom is 0.294 e. The third-order valence-electron chi connectivity index (χ3n) is 3.72. The van der Waals surface area contributed by atoms with E-state index in [-0.39, 0.29) is 17.8 Å². The Labute approximate surface area is 122 Å². The van der Waals surface area contributed by atoms with E-state index in [0.29, 0.717) is 23.8 Å². The fourth-order valence-electron chi connectivity index (χ4n) is 2.65. The Kier molecular flexibility index (Phi) is 4.80. The normalized spacial score (nSPS) is 22.9. The number of hydrogen-bond donors (Lipinski definition) is 1. The van der Waals surface area contributed by atoms with E-state index < -0.39 is 4.92 Å². The first-order valence-corrected chi connectivity index (χ1v) is 6.88. The largest absolute Gasteiger partial charge is 0.381 e. The second kappa shape index (κ2) is 6.39. The Morgan fingerprint density at radius 3 is 2.95 bits per heavy atom. The van der Waals surface area contributed by atoms with E-state index in [2.05, 4.69) is 0 Å². The zero-order valence-electron chi connectivity index (χ0n) is 11.3. The van der Waals surface area contributed by atoms with Gasteiger partial charge in [0.15, 0.2) is 0 Å². The third-order valence-corrected chi connectivity index (χ3v) is 3.95. The summed E-state index contributed by atoms with van der Waals surface area (Å²) >= 11 is 5.85. The molecule has 0 radical (unpaired) electrons. The van der Waals surface area contributed by atoms with Gasteiger partial charge in [0.25, 0.3) is 5.69 Å². The summed E-state index contributed by atoms with van der Waals surface area (Å²) in [5, 5.41) is 11.6. The zero-order chi connectivity index (χ0) is 14.7. The molecule has 2 unspecified atom stereocenters. The molecular formula is C13H18ClN3O3. The summed E-state index contributed by atoms with van der Waals surface area (Å²) in [5.41, 5.74) is 6.40. The standard InChI is InChI=1S/C13H18ClN3O3/c1-20-11-4-5-16(10(7-11)8-15)12-3-2-9(14)6-13(12)17(18)19/h2-3,6,10-11H,4-5,7-8,15H2,1H3. The first kappa shape index (κ1) is 15.0. The van der Waals surface area contributed by atoms with Crippen molar-refractivity contribution in [3.8, 4) is 0 Å². The molecular weight excluding hydrogens is 282 g/mol. The summed E-state index contributed by atoms with van der Waals surface area (Å²) in [6.07, 6.45) is 1.76. The molecule has 7 heteroatoms. The van der Waals surface area contributed by atoms with Crippen LogP contribution in [0.2, 0.25) is 5.02 Å². The SMILES string of the molecule is COC1CCN(c2ccc(Cl)cc2[N+](=O)[O-])C(CN)C1. The summed E-state index contributed by atoms with van der Waals surface area (Å²) < 4.78 is 5.37. The number of methoxy groups -OCH3 is 1. The minimum absolute atomic E-state index is 0.0202. The molecule has 2 N–H and O–H groups in total. The minimum Gasteiger partial charge on any atom is -0.381 e. The lowest BCUT2D eigenvalue weighted by atomic mass is 9.98. The lowest BCUT2D eigenvalue weighted by Gasteiger charge is -2.39. The molecule has 1 aromatic rings. The number of nitro groups is 1. The number of nitro benzene ring substituents is 1. The molecule has 1 heterocycles. The molecule has 0 aromatic heterocycles. The van der Waals surface area contributed by atoms with Crippen LogP contribution >= 0.6 is 11.6 Å². The van der Waals surface area contributed by atoms with Crippen molar-refractivity contribution < 1.29 is 9.66 Å². The van der Waals surface area contributed by atoms with E-state index in [1.807, 2.05) is 4.90 Å². The van der Waals surface area contributed by atoms with Gasteiger partial charge in [0.1, 0.15) is 5.69 Å². The zero-order valence-corrected chi connectivity index (χ0v) is 12.0. The molecule has 6 nitrogen and oxygen atoms in total. The van der Waals surface area contributed by atoms with Crippen molar-refractivity contribution >= 4 is 23.0 Å². The topological polar surface area (TPSA) is 81.6 Å². The van der Waals surface area contributed by atoms with Crippen molar-refractivity contribution in [2.75, 3.05) is 25.1 Å². The van der Waals surface area contributed by atoms with Gasteiger partial charge in [0.2, 0.25) is 0 Å². The van der Waals surface area contributed by atoms with Crippen LogP contribution in [0.25, 0.3) is 0 Å². The van der Waals surface area contributed by atoms with Crippen molar-refractivity contribution in [2.24, 2.45) is 5.73 Å². The highest BCUT2D eigenvalue weighted by Gasteiger charge is 2.31. The van der Waals surface area contributed by atoms with E-state index in [1.54, 1.807) is 19.2 Å². The van der Waals surface area contributed by atoms with E-state index in [0.717, 1.165) is 12.8 Å². The number of anilines is 1. The quantitative estimate of drug-likeness (QED) is 0.681. The lowest BCUT2D eigenvalue weighted by Crippen LogP contribution is -2.48. The Morgan fingerprint density at radius 1 is 1.60 bits per heavy atom. The van der Waals surface area contributed by atoms with Crippen LogP contribution in [-0.2, 0) is 4.74 Å². The first-order valence-electron chi connectivity index (χ1n) is 6.50. The summed E-state index contributed by atoms with van der Waals surface area (Å²) in [4.78, 5) is 12.8. The van der Waals surface area contributed by atoms with Crippen molar-refractivity contribution in [1.29, 1.82) is 0 Å². The molecule has 0 saturated carbocycles. The van der Waals surface area contributed by atoms with Gasteiger partial charge in [-0.05, 0) is 25.0 Å². The lowest BCUT2D eigenvalue weighted by molar-refractivity contribution is -0.384. The third kappa shape index (κ3) is 3.03. The van der Waals surface area contributed by atoms with Crippen molar-refractivity contribution in [1.82, 2.24) is 0 Å². The summed E-state index contributed by atoms with van der Waals surface area (Å²) in [6, 6.07) is 4.77. The van der Waals surface area contributed by atoms with Gasteiger partial charge < -0.3 is 15.4 Å². The molecule has 0 bridgehead atoms. The number of halogens is 1. The number of nitrogens with two attached hydrogens (primary N) is 1. The van der Waals surface area contributed by atoms with Crippen LogP contribution in [-0.4, -0.2) is 37.3 Å². The highest BCUT2D eigenvalue weighted by atomic mass is 35.5. The molecule has 0 aliphatic carbocycles. The molecule has 0 amide bonds. The van der Waals surface area contributed by atoms with Gasteiger partial charge in [-0.2, -0.15) is 0 Å². The molecule has 1 fully saturated rings. The molecule has 20 heavy (non-hydrogen) atoms. The van der Waals surface area contributed by atoms with E-state index in [4.69, 9.17) is 22.1 Å². The number of piperidine rings is 1. The maximum absolute atomic E-state index is 11.2. The fraction of sp³-hybridized carbons (Fsp3) is 0.538. The van der Waals surface area contributed by atoms with Gasteiger partial charge in [0.05, 0.1) is 11.0 Å². The van der Waals surface area contributed by atoms with Crippen LogP contribution in [0, 0.1) is 10.1 Å². The highest BCUT2D eigenvalue weighted by molar-refractivity contribution is 6.30. The molecule has 1 saturated heterocycles. The van der Waals surface area contributed by atoms with Crippen molar-refractivity contribution in [2.45, 2.75) is 25.0 Å². The first-order chi connectivity index (χ1) is 9.56. The number of hydrogen-bond acceptors (Lipinski definition) is 5. The summed E-state index contributed by atoms with van der Waals surface area (Å²) in [6.45, 7) is 1.11. The molecule has 110 valence electrons. The summed E-state index contributed by atoms with van der Waals surface area (Å²) in [7, 11) is 1.68. The predicted molar refractivity (Wildman–Crippen MR) is 78.3 cm³/mol. The van der Waals surface area contributed by atoms with Crippen molar-refractivity contribution in [3.05, 3.63) is 33.3 Å². The molecule has 2 atom stereocenters. The van der Waals surface area contributed by atoms with Crippen LogP contribution in [0.15, 0.2) is 18.2 Å². The van der Waals surface area contributed by atoms with Gasteiger partial charge >= 0.3 is 0 Å². The second-order valence-corrected chi connectivity index (χ2v) is 5.29. The average Bonchev–Trinajstić information content (AvgIpc) is 2.46. The van der Waals surface area contributed by atoms with Gasteiger partial charge in [-0.3, -0.25) is 10.1 Å². The Bertz CT molecular complexity index is 498. The van der Waals surface area contributed by atoms with Crippen LogP contribution in [0.3, 0.4) is 0 Å². The maximum atomic E-state index is 11.2.